The Morgan fingerprint density at radius 1 is 1.09 bits per heavy atom. The zero-order valence-corrected chi connectivity index (χ0v) is 18.9. The highest BCUT2D eigenvalue weighted by Gasteiger charge is 2.21. The molecule has 1 atom stereocenters. The van der Waals surface area contributed by atoms with Gasteiger partial charge in [0.05, 0.1) is 30.0 Å². The van der Waals surface area contributed by atoms with Gasteiger partial charge in [0.1, 0.15) is 5.75 Å². The molecule has 0 bridgehead atoms. The molecule has 0 amide bonds. The van der Waals surface area contributed by atoms with Crippen molar-refractivity contribution in [3.05, 3.63) is 75.1 Å². The molecule has 0 radical (unpaired) electrons. The maximum atomic E-state index is 13.6. The highest BCUT2D eigenvalue weighted by molar-refractivity contribution is 5.84. The van der Waals surface area contributed by atoms with Crippen molar-refractivity contribution in [1.29, 1.82) is 0 Å². The van der Waals surface area contributed by atoms with Crippen LogP contribution in [0.15, 0.2) is 58.3 Å². The van der Waals surface area contributed by atoms with Crippen LogP contribution in [0.4, 0.5) is 0 Å². The number of hydrogen-bond acceptors (Lipinski definition) is 4. The summed E-state index contributed by atoms with van der Waals surface area (Å²) in [5.74, 6) is -0.179. The van der Waals surface area contributed by atoms with E-state index in [-0.39, 0.29) is 13.0 Å². The second kappa shape index (κ2) is 8.97. The first kappa shape index (κ1) is 22.4. The molecule has 8 heteroatoms. The lowest BCUT2D eigenvalue weighted by molar-refractivity contribution is -0.137. The van der Waals surface area contributed by atoms with E-state index >= 15 is 0 Å². The van der Waals surface area contributed by atoms with Gasteiger partial charge in [0.25, 0.3) is 5.56 Å². The molecule has 0 spiro atoms. The number of rotatable bonds is 8. The molecule has 0 fully saturated rings. The minimum atomic E-state index is -1.02. The zero-order valence-electron chi connectivity index (χ0n) is 18.9. The number of carboxylic acid groups (broad SMARTS) is 1. The minimum absolute atomic E-state index is 0.0439. The van der Waals surface area contributed by atoms with Gasteiger partial charge in [-0.2, -0.15) is 0 Å². The molecule has 0 aliphatic rings. The summed E-state index contributed by atoms with van der Waals surface area (Å²) in [4.78, 5) is 41.5. The summed E-state index contributed by atoms with van der Waals surface area (Å²) in [6.07, 6.45) is 1.56. The number of para-hydroxylation sites is 1. The number of aliphatic carboxylic acids is 1. The third-order valence-corrected chi connectivity index (χ3v) is 5.74. The lowest BCUT2D eigenvalue weighted by atomic mass is 10.1. The molecule has 4 rings (SSSR count). The Hall–Kier alpha value is -3.81. The van der Waals surface area contributed by atoms with E-state index in [1.165, 1.54) is 9.13 Å². The first-order valence-corrected chi connectivity index (χ1v) is 11.0. The Bertz CT molecular complexity index is 1440. The van der Waals surface area contributed by atoms with Crippen LogP contribution in [0.25, 0.3) is 21.8 Å². The number of aryl methyl sites for hydroxylation is 1. The van der Waals surface area contributed by atoms with Gasteiger partial charge in [0.2, 0.25) is 0 Å². The number of carboxylic acids is 1. The topological polar surface area (TPSA) is 106 Å². The average molecular weight is 450 g/mol. The zero-order chi connectivity index (χ0) is 23.7. The summed E-state index contributed by atoms with van der Waals surface area (Å²) in [6.45, 7) is 6.30. The van der Waals surface area contributed by atoms with Crippen molar-refractivity contribution in [2.24, 2.45) is 5.92 Å². The summed E-state index contributed by atoms with van der Waals surface area (Å²) >= 11 is 0. The van der Waals surface area contributed by atoms with Gasteiger partial charge in [0, 0.05) is 29.2 Å². The fourth-order valence-electron chi connectivity index (χ4n) is 4.07. The molecule has 2 aromatic carbocycles. The fourth-order valence-corrected chi connectivity index (χ4v) is 4.07. The third-order valence-electron chi connectivity index (χ3n) is 5.74. The number of nitrogens with zero attached hydrogens (tertiary/aromatic N) is 2. The largest absolute Gasteiger partial charge is 0.493 e. The molecule has 1 unspecified atom stereocenters. The molecular formula is C25H27N3O5. The van der Waals surface area contributed by atoms with Crippen LogP contribution in [0.2, 0.25) is 0 Å². The molecule has 33 heavy (non-hydrogen) atoms. The van der Waals surface area contributed by atoms with Crippen LogP contribution in [-0.2, 0) is 11.3 Å². The van der Waals surface area contributed by atoms with Crippen molar-refractivity contribution in [3.8, 4) is 5.75 Å². The Labute approximate surface area is 190 Å². The Morgan fingerprint density at radius 3 is 2.58 bits per heavy atom. The number of aromatic nitrogens is 3. The van der Waals surface area contributed by atoms with Gasteiger partial charge >= 0.3 is 11.7 Å². The van der Waals surface area contributed by atoms with E-state index in [1.54, 1.807) is 31.3 Å². The molecule has 8 nitrogen and oxygen atoms in total. The molecule has 0 saturated heterocycles. The number of aromatic amines is 1. The van der Waals surface area contributed by atoms with Gasteiger partial charge in [-0.25, -0.2) is 4.79 Å². The van der Waals surface area contributed by atoms with Crippen molar-refractivity contribution < 1.29 is 14.6 Å². The van der Waals surface area contributed by atoms with Crippen molar-refractivity contribution in [1.82, 2.24) is 14.1 Å². The predicted octanol–water partition coefficient (Wildman–Crippen LogP) is 3.76. The number of nitrogens with one attached hydrogen (secondary N) is 1. The maximum absolute atomic E-state index is 13.6. The van der Waals surface area contributed by atoms with Gasteiger partial charge in [0.15, 0.2) is 0 Å². The van der Waals surface area contributed by atoms with Crippen LogP contribution in [-0.4, -0.2) is 31.8 Å². The van der Waals surface area contributed by atoms with E-state index in [4.69, 9.17) is 4.74 Å². The highest BCUT2D eigenvalue weighted by atomic mass is 16.5. The Kier molecular flexibility index (Phi) is 6.09. The first-order valence-electron chi connectivity index (χ1n) is 11.0. The molecule has 0 saturated carbocycles. The van der Waals surface area contributed by atoms with Gasteiger partial charge in [-0.15, -0.1) is 0 Å². The van der Waals surface area contributed by atoms with Crippen LogP contribution in [0, 0.1) is 5.92 Å². The monoisotopic (exact) mass is 449 g/mol. The second-order valence-electron chi connectivity index (χ2n) is 8.60. The summed E-state index contributed by atoms with van der Waals surface area (Å²) in [6, 6.07) is 12.1. The number of hydrogen-bond donors (Lipinski definition) is 2. The summed E-state index contributed by atoms with van der Waals surface area (Å²) in [5.41, 5.74) is 1.13. The summed E-state index contributed by atoms with van der Waals surface area (Å²) in [5, 5.41) is 10.4. The molecule has 2 aromatic heterocycles. The summed E-state index contributed by atoms with van der Waals surface area (Å²) < 4.78 is 8.36. The van der Waals surface area contributed by atoms with Gasteiger partial charge in [-0.3, -0.25) is 18.7 Å². The van der Waals surface area contributed by atoms with E-state index in [0.717, 1.165) is 16.5 Å². The molecule has 0 aliphatic carbocycles. The van der Waals surface area contributed by atoms with Crippen LogP contribution >= 0.6 is 0 Å². The van der Waals surface area contributed by atoms with Crippen molar-refractivity contribution in [2.45, 2.75) is 39.8 Å². The second-order valence-corrected chi connectivity index (χ2v) is 8.60. The smallest absolute Gasteiger partial charge is 0.332 e. The normalized spacial score (nSPS) is 12.5. The molecule has 2 N–H and O–H groups in total. The predicted molar refractivity (Wildman–Crippen MR) is 127 cm³/mol. The minimum Gasteiger partial charge on any atom is -0.493 e. The van der Waals surface area contributed by atoms with Crippen molar-refractivity contribution in [3.63, 3.8) is 0 Å². The number of benzene rings is 2. The lowest BCUT2D eigenvalue weighted by Gasteiger charge is -2.19. The maximum Gasteiger partial charge on any atom is 0.332 e. The van der Waals surface area contributed by atoms with Crippen molar-refractivity contribution in [2.75, 3.05) is 6.61 Å². The van der Waals surface area contributed by atoms with Gasteiger partial charge in [-0.05, 0) is 37.1 Å². The van der Waals surface area contributed by atoms with Crippen molar-refractivity contribution >= 4 is 27.8 Å². The Balaban J connectivity index is 1.93. The fraction of sp³-hybridized carbons (Fsp3) is 0.320. The SMILES string of the molecule is CC(C)COc1ccc2c(c1)c(=O)n(C(C)c1c[nH]c3ccccc13)c(=O)n2CCC(=O)O. The van der Waals surface area contributed by atoms with Crippen LogP contribution in [0.3, 0.4) is 0 Å². The van der Waals surface area contributed by atoms with E-state index in [1.807, 2.05) is 38.1 Å². The quantitative estimate of drug-likeness (QED) is 0.426. The lowest BCUT2D eigenvalue weighted by Crippen LogP contribution is -2.42. The molecule has 0 aliphatic heterocycles. The average Bonchev–Trinajstić information content (AvgIpc) is 3.21. The summed E-state index contributed by atoms with van der Waals surface area (Å²) in [7, 11) is 0. The number of ether oxygens (including phenoxy) is 1. The van der Waals surface area contributed by atoms with E-state index < -0.39 is 23.3 Å². The standard InChI is InChI=1S/C25H27N3O5/c1-15(2)14-33-17-8-9-22-19(12-17)24(31)28(25(32)27(22)11-10-23(29)30)16(3)20-13-26-21-7-5-4-6-18(20)21/h4-9,12-13,15-16,26H,10-11,14H2,1-3H3,(H,29,30). The molecule has 2 heterocycles. The van der Waals surface area contributed by atoms with Gasteiger partial charge in [-0.1, -0.05) is 32.0 Å². The molecule has 4 aromatic rings. The van der Waals surface area contributed by atoms with Crippen LogP contribution in [0.5, 0.6) is 5.75 Å². The first-order chi connectivity index (χ1) is 15.8. The highest BCUT2D eigenvalue weighted by Crippen LogP contribution is 2.26. The van der Waals surface area contributed by atoms with E-state index in [9.17, 15) is 19.5 Å². The molecule has 172 valence electrons. The number of H-pyrrole nitrogens is 1. The van der Waals surface area contributed by atoms with Crippen LogP contribution in [0.1, 0.15) is 38.8 Å². The Morgan fingerprint density at radius 2 is 1.85 bits per heavy atom. The third kappa shape index (κ3) is 4.28. The van der Waals surface area contributed by atoms with E-state index in [2.05, 4.69) is 4.98 Å². The molecular weight excluding hydrogens is 422 g/mol. The number of fused-ring (bicyclic) bond motifs is 2. The number of carbonyl (C=O) groups is 1. The van der Waals surface area contributed by atoms with Crippen LogP contribution < -0.4 is 16.0 Å². The van der Waals surface area contributed by atoms with E-state index in [0.29, 0.717) is 29.2 Å². The van der Waals surface area contributed by atoms with Gasteiger partial charge < -0.3 is 14.8 Å².